The van der Waals surface area contributed by atoms with Crippen LogP contribution in [0.3, 0.4) is 0 Å². The highest BCUT2D eigenvalue weighted by atomic mass is 19.4. The van der Waals surface area contributed by atoms with E-state index >= 15 is 0 Å². The van der Waals surface area contributed by atoms with Crippen LogP contribution in [0.1, 0.15) is 24.6 Å². The third-order valence-electron chi connectivity index (χ3n) is 7.13. The first-order chi connectivity index (χ1) is 18.1. The molecule has 4 aromatic rings. The normalized spacial score (nSPS) is 16.7. The Bertz CT molecular complexity index is 1430. The molecule has 7 nitrogen and oxygen atoms in total. The highest BCUT2D eigenvalue weighted by molar-refractivity contribution is 5.96. The Morgan fingerprint density at radius 2 is 1.68 bits per heavy atom. The molecule has 38 heavy (non-hydrogen) atoms. The van der Waals surface area contributed by atoms with Gasteiger partial charge in [-0.25, -0.2) is 14.1 Å². The maximum atomic E-state index is 13.6. The Morgan fingerprint density at radius 1 is 0.974 bits per heavy atom. The van der Waals surface area contributed by atoms with E-state index in [1.807, 2.05) is 24.3 Å². The number of fused-ring (bicyclic) bond motifs is 1. The molecule has 0 aliphatic carbocycles. The number of hydrogen-bond acceptors (Lipinski definition) is 6. The predicted octanol–water partition coefficient (Wildman–Crippen LogP) is 4.59. The number of rotatable bonds is 6. The second-order valence-electron chi connectivity index (χ2n) is 9.69. The molecular weight excluding hydrogens is 500 g/mol. The molecule has 1 N–H and O–H groups in total. The number of alkyl halides is 3. The first-order valence-electron chi connectivity index (χ1n) is 12.4. The molecular formula is C27H28F4N6O. The van der Waals surface area contributed by atoms with E-state index in [-0.39, 0.29) is 12.4 Å². The summed E-state index contributed by atoms with van der Waals surface area (Å²) in [5.74, 6) is 0.490. The molecule has 2 aromatic heterocycles. The van der Waals surface area contributed by atoms with Crippen molar-refractivity contribution in [3.63, 3.8) is 0 Å². The average Bonchev–Trinajstić information content (AvgIpc) is 3.36. The lowest BCUT2D eigenvalue weighted by Crippen LogP contribution is -2.44. The number of aliphatic hydroxyl groups is 1. The zero-order valence-corrected chi connectivity index (χ0v) is 21.1. The summed E-state index contributed by atoms with van der Waals surface area (Å²) in [4.78, 5) is 9.38. The van der Waals surface area contributed by atoms with Crippen LogP contribution in [0.15, 0.2) is 54.7 Å². The van der Waals surface area contributed by atoms with E-state index in [0.717, 1.165) is 60.3 Å². The Morgan fingerprint density at radius 3 is 2.34 bits per heavy atom. The lowest BCUT2D eigenvalue weighted by molar-refractivity contribution is -0.269. The standard InChI is InChI=1S/C27H28F4N6O/c1-3-26(38,27(29,30)31)24-17-37(34-33-24)16-18-4-9-21-22(19-5-7-20(28)8-6-19)15-25(32-23(21)14-18)36-12-10-35(2)11-13-36/h4-9,14-15,17,38H,3,10-13,16H2,1-2H3. The Labute approximate surface area is 217 Å². The number of nitrogens with zero attached hydrogens (tertiary/aromatic N) is 6. The van der Waals surface area contributed by atoms with Crippen molar-refractivity contribution in [1.29, 1.82) is 0 Å². The van der Waals surface area contributed by atoms with Gasteiger partial charge >= 0.3 is 6.18 Å². The van der Waals surface area contributed by atoms with Gasteiger partial charge in [0, 0.05) is 31.6 Å². The van der Waals surface area contributed by atoms with Gasteiger partial charge in [0.15, 0.2) is 0 Å². The summed E-state index contributed by atoms with van der Waals surface area (Å²) in [6.45, 7) is 4.84. The van der Waals surface area contributed by atoms with E-state index in [1.54, 1.807) is 12.1 Å². The number of benzene rings is 2. The van der Waals surface area contributed by atoms with Crippen LogP contribution in [0.5, 0.6) is 0 Å². The molecule has 0 amide bonds. The number of likely N-dealkylation sites (N-methyl/N-ethyl adjacent to an activating group) is 1. The van der Waals surface area contributed by atoms with E-state index in [1.165, 1.54) is 23.7 Å². The highest BCUT2D eigenvalue weighted by Crippen LogP contribution is 2.40. The van der Waals surface area contributed by atoms with Gasteiger partial charge in [0.1, 0.15) is 17.3 Å². The van der Waals surface area contributed by atoms with Gasteiger partial charge in [0.25, 0.3) is 0 Å². The molecule has 1 fully saturated rings. The minimum Gasteiger partial charge on any atom is -0.375 e. The fourth-order valence-corrected chi connectivity index (χ4v) is 4.70. The first kappa shape index (κ1) is 26.1. The maximum Gasteiger partial charge on any atom is 0.423 e. The minimum absolute atomic E-state index is 0.146. The van der Waals surface area contributed by atoms with Crippen molar-refractivity contribution in [1.82, 2.24) is 24.9 Å². The quantitative estimate of drug-likeness (QED) is 0.369. The topological polar surface area (TPSA) is 70.3 Å². The summed E-state index contributed by atoms with van der Waals surface area (Å²) < 4.78 is 55.3. The second-order valence-corrected chi connectivity index (χ2v) is 9.69. The van der Waals surface area contributed by atoms with Gasteiger partial charge in [0.05, 0.1) is 18.3 Å². The van der Waals surface area contributed by atoms with Gasteiger partial charge in [-0.3, -0.25) is 0 Å². The highest BCUT2D eigenvalue weighted by Gasteiger charge is 2.55. The van der Waals surface area contributed by atoms with Crippen molar-refractivity contribution in [2.75, 3.05) is 38.1 Å². The fraction of sp³-hybridized carbons (Fsp3) is 0.370. The van der Waals surface area contributed by atoms with E-state index in [2.05, 4.69) is 27.2 Å². The molecule has 0 bridgehead atoms. The van der Waals surface area contributed by atoms with Crippen molar-refractivity contribution in [2.45, 2.75) is 31.7 Å². The van der Waals surface area contributed by atoms with Crippen molar-refractivity contribution >= 4 is 16.7 Å². The fourth-order valence-electron chi connectivity index (χ4n) is 4.70. The third kappa shape index (κ3) is 4.95. The van der Waals surface area contributed by atoms with Crippen LogP contribution in [0, 0.1) is 5.82 Å². The summed E-state index contributed by atoms with van der Waals surface area (Å²) in [6, 6.07) is 14.0. The van der Waals surface area contributed by atoms with Crippen molar-refractivity contribution < 1.29 is 22.7 Å². The molecule has 0 spiro atoms. The molecule has 2 aromatic carbocycles. The second kappa shape index (κ2) is 9.95. The monoisotopic (exact) mass is 528 g/mol. The van der Waals surface area contributed by atoms with Gasteiger partial charge in [-0.05, 0) is 54.4 Å². The summed E-state index contributed by atoms with van der Waals surface area (Å²) in [7, 11) is 2.08. The van der Waals surface area contributed by atoms with Gasteiger partial charge in [-0.2, -0.15) is 13.2 Å². The van der Waals surface area contributed by atoms with Crippen LogP contribution < -0.4 is 4.90 Å². The lowest BCUT2D eigenvalue weighted by Gasteiger charge is -2.33. The van der Waals surface area contributed by atoms with Crippen LogP contribution in [0.4, 0.5) is 23.4 Å². The van der Waals surface area contributed by atoms with Gasteiger partial charge < -0.3 is 14.9 Å². The molecule has 0 radical (unpaired) electrons. The summed E-state index contributed by atoms with van der Waals surface area (Å²) in [5.41, 5.74) is -0.363. The zero-order valence-electron chi connectivity index (χ0n) is 21.1. The summed E-state index contributed by atoms with van der Waals surface area (Å²) in [5, 5.41) is 18.5. The lowest BCUT2D eigenvalue weighted by atomic mass is 9.96. The Kier molecular flexibility index (Phi) is 6.83. The van der Waals surface area contributed by atoms with Crippen LogP contribution in [0.2, 0.25) is 0 Å². The number of pyridine rings is 1. The largest absolute Gasteiger partial charge is 0.423 e. The SMILES string of the molecule is CCC(O)(c1cn(Cc2ccc3c(-c4ccc(F)cc4)cc(N4CCN(C)CC4)nc3c2)nn1)C(F)(F)F. The predicted molar refractivity (Wildman–Crippen MR) is 136 cm³/mol. The smallest absolute Gasteiger partial charge is 0.375 e. The van der Waals surface area contributed by atoms with Gasteiger partial charge in [-0.15, -0.1) is 5.10 Å². The molecule has 0 saturated carbocycles. The molecule has 1 aliphatic rings. The number of piperazine rings is 1. The molecule has 3 heterocycles. The number of halogens is 4. The van der Waals surface area contributed by atoms with Crippen LogP contribution in [-0.4, -0.2) is 69.4 Å². The van der Waals surface area contributed by atoms with Crippen molar-refractivity contribution in [3.8, 4) is 11.1 Å². The summed E-state index contributed by atoms with van der Waals surface area (Å²) >= 11 is 0. The van der Waals surface area contributed by atoms with Crippen LogP contribution in [0.25, 0.3) is 22.0 Å². The van der Waals surface area contributed by atoms with E-state index in [4.69, 9.17) is 4.98 Å². The van der Waals surface area contributed by atoms with Gasteiger partial charge in [-0.1, -0.05) is 36.4 Å². The van der Waals surface area contributed by atoms with E-state index in [9.17, 15) is 22.7 Å². The van der Waals surface area contributed by atoms with Crippen LogP contribution in [-0.2, 0) is 12.1 Å². The Hall–Kier alpha value is -3.57. The molecule has 5 rings (SSSR count). The summed E-state index contributed by atoms with van der Waals surface area (Å²) in [6.07, 6.45) is -4.32. The van der Waals surface area contributed by atoms with Crippen molar-refractivity contribution in [3.05, 3.63) is 71.8 Å². The number of anilines is 1. The number of aromatic nitrogens is 4. The molecule has 11 heteroatoms. The molecule has 1 unspecified atom stereocenters. The zero-order chi connectivity index (χ0) is 27.1. The molecule has 1 aliphatic heterocycles. The molecule has 1 atom stereocenters. The van der Waals surface area contributed by atoms with Crippen LogP contribution >= 0.6 is 0 Å². The molecule has 1 saturated heterocycles. The van der Waals surface area contributed by atoms with Gasteiger partial charge in [0.2, 0.25) is 5.60 Å². The third-order valence-corrected chi connectivity index (χ3v) is 7.13. The Balaban J connectivity index is 1.52. The van der Waals surface area contributed by atoms with Crippen molar-refractivity contribution in [2.24, 2.45) is 0 Å². The van der Waals surface area contributed by atoms with E-state index in [0.29, 0.717) is 5.52 Å². The average molecular weight is 529 g/mol. The number of hydrogen-bond donors (Lipinski definition) is 1. The first-order valence-corrected chi connectivity index (χ1v) is 12.4. The minimum atomic E-state index is -4.87. The molecule has 200 valence electrons. The maximum absolute atomic E-state index is 13.6. The van der Waals surface area contributed by atoms with E-state index < -0.39 is 23.9 Å².